The number of likely N-dealkylation sites (tertiary alicyclic amines) is 1. The fraction of sp³-hybridized carbons (Fsp3) is 0.417. The third-order valence-electron chi connectivity index (χ3n) is 6.32. The van der Waals surface area contributed by atoms with Crippen LogP contribution >= 0.6 is 11.8 Å². The minimum Gasteiger partial charge on any atom is -0.492 e. The Kier molecular flexibility index (Phi) is 6.46. The van der Waals surface area contributed by atoms with Gasteiger partial charge in [0.25, 0.3) is 12.2 Å². The standard InChI is InChI=1S/C24H28N2O5S/c1-15(27)23(29)31-18-10-17(11-19(12-18)32-2)22(28)26-7-5-24(6-8-26)14-30-21-4-3-16(13-25)9-20(21)24/h3-4,9-12,23,29H,5-8,13-14,25H2,1-2H3. The lowest BCUT2D eigenvalue weighted by atomic mass is 9.74. The van der Waals surface area contributed by atoms with Gasteiger partial charge in [-0.15, -0.1) is 11.8 Å². The molecule has 2 aliphatic heterocycles. The van der Waals surface area contributed by atoms with E-state index in [9.17, 15) is 14.7 Å². The molecule has 1 atom stereocenters. The molecule has 2 aromatic carbocycles. The van der Waals surface area contributed by atoms with E-state index in [4.69, 9.17) is 15.2 Å². The molecule has 1 fully saturated rings. The van der Waals surface area contributed by atoms with E-state index in [0.29, 0.717) is 37.6 Å². The summed E-state index contributed by atoms with van der Waals surface area (Å²) in [6.45, 7) is 3.60. The van der Waals surface area contributed by atoms with E-state index >= 15 is 0 Å². The molecule has 1 saturated heterocycles. The van der Waals surface area contributed by atoms with E-state index < -0.39 is 12.1 Å². The Balaban J connectivity index is 1.50. The first-order valence-electron chi connectivity index (χ1n) is 10.6. The van der Waals surface area contributed by atoms with Crippen molar-refractivity contribution in [1.29, 1.82) is 0 Å². The SMILES string of the molecule is CSc1cc(OC(O)C(C)=O)cc(C(=O)N2CCC3(CC2)COc2ccc(CN)cc23)c1. The highest BCUT2D eigenvalue weighted by Gasteiger charge is 2.44. The van der Waals surface area contributed by atoms with Crippen LogP contribution in [0.3, 0.4) is 0 Å². The predicted octanol–water partition coefficient (Wildman–Crippen LogP) is 2.72. The van der Waals surface area contributed by atoms with Gasteiger partial charge in [0, 0.05) is 48.0 Å². The summed E-state index contributed by atoms with van der Waals surface area (Å²) in [6, 6.07) is 11.2. The van der Waals surface area contributed by atoms with Gasteiger partial charge in [-0.3, -0.25) is 9.59 Å². The van der Waals surface area contributed by atoms with Gasteiger partial charge >= 0.3 is 0 Å². The quantitative estimate of drug-likeness (QED) is 0.509. The topological polar surface area (TPSA) is 102 Å². The second-order valence-electron chi connectivity index (χ2n) is 8.37. The van der Waals surface area contributed by atoms with Crippen LogP contribution in [0, 0.1) is 0 Å². The van der Waals surface area contributed by atoms with E-state index in [1.807, 2.05) is 29.4 Å². The average molecular weight is 457 g/mol. The summed E-state index contributed by atoms with van der Waals surface area (Å²) in [5.74, 6) is 0.627. The van der Waals surface area contributed by atoms with E-state index in [1.54, 1.807) is 12.1 Å². The second-order valence-corrected chi connectivity index (χ2v) is 9.25. The number of ketones is 1. The predicted molar refractivity (Wildman–Crippen MR) is 122 cm³/mol. The zero-order chi connectivity index (χ0) is 22.9. The van der Waals surface area contributed by atoms with E-state index in [2.05, 4.69) is 6.07 Å². The number of thioether (sulfide) groups is 1. The number of rotatable bonds is 6. The molecule has 1 unspecified atom stereocenters. The Morgan fingerprint density at radius 1 is 1.25 bits per heavy atom. The normalized spacial score (nSPS) is 17.6. The van der Waals surface area contributed by atoms with Crippen LogP contribution < -0.4 is 15.2 Å². The van der Waals surface area contributed by atoms with Crippen molar-refractivity contribution in [1.82, 2.24) is 4.90 Å². The molecule has 8 heteroatoms. The maximum absolute atomic E-state index is 13.3. The molecule has 170 valence electrons. The van der Waals surface area contributed by atoms with Crippen LogP contribution in [0.15, 0.2) is 41.3 Å². The fourth-order valence-electron chi connectivity index (χ4n) is 4.37. The highest BCUT2D eigenvalue weighted by molar-refractivity contribution is 7.98. The van der Waals surface area contributed by atoms with Crippen LogP contribution in [0.2, 0.25) is 0 Å². The van der Waals surface area contributed by atoms with Crippen molar-refractivity contribution >= 4 is 23.5 Å². The van der Waals surface area contributed by atoms with Crippen molar-refractivity contribution < 1.29 is 24.2 Å². The lowest BCUT2D eigenvalue weighted by molar-refractivity contribution is -0.138. The first-order chi connectivity index (χ1) is 15.3. The molecule has 2 aliphatic rings. The van der Waals surface area contributed by atoms with Crippen LogP contribution in [0.25, 0.3) is 0 Å². The third kappa shape index (κ3) is 4.35. The molecule has 4 rings (SSSR count). The summed E-state index contributed by atoms with van der Waals surface area (Å²) >= 11 is 1.46. The number of Topliss-reactive ketones (excluding diaryl/α,β-unsaturated/α-hetero) is 1. The number of nitrogens with zero attached hydrogens (tertiary/aromatic N) is 1. The number of ether oxygens (including phenoxy) is 2. The largest absolute Gasteiger partial charge is 0.492 e. The number of aliphatic hydroxyl groups excluding tert-OH is 1. The maximum atomic E-state index is 13.3. The van der Waals surface area contributed by atoms with E-state index in [-0.39, 0.29) is 11.3 Å². The molecular formula is C24H28N2O5S. The first kappa shape index (κ1) is 22.6. The molecule has 1 spiro atoms. The first-order valence-corrected chi connectivity index (χ1v) is 11.9. The van der Waals surface area contributed by atoms with Gasteiger partial charge in [-0.25, -0.2) is 0 Å². The highest BCUT2D eigenvalue weighted by Crippen LogP contribution is 2.46. The summed E-state index contributed by atoms with van der Waals surface area (Å²) in [7, 11) is 0. The van der Waals surface area contributed by atoms with Gasteiger partial charge in [-0.05, 0) is 48.9 Å². The number of carbonyl (C=O) groups excluding carboxylic acids is 2. The molecular weight excluding hydrogens is 428 g/mol. The van der Waals surface area contributed by atoms with Crippen molar-refractivity contribution in [2.24, 2.45) is 5.73 Å². The monoisotopic (exact) mass is 456 g/mol. The van der Waals surface area contributed by atoms with Crippen LogP contribution in [-0.4, -0.2) is 53.9 Å². The summed E-state index contributed by atoms with van der Waals surface area (Å²) < 4.78 is 11.3. The molecule has 0 saturated carbocycles. The van der Waals surface area contributed by atoms with Crippen LogP contribution in [0.5, 0.6) is 11.5 Å². The minimum absolute atomic E-state index is 0.0850. The van der Waals surface area contributed by atoms with Gasteiger partial charge in [-0.2, -0.15) is 0 Å². The lowest BCUT2D eigenvalue weighted by Gasteiger charge is -2.38. The summed E-state index contributed by atoms with van der Waals surface area (Å²) in [5.41, 5.74) is 8.51. The van der Waals surface area contributed by atoms with Gasteiger partial charge in [0.15, 0.2) is 5.78 Å². The van der Waals surface area contributed by atoms with Crippen molar-refractivity contribution in [3.63, 3.8) is 0 Å². The number of benzene rings is 2. The lowest BCUT2D eigenvalue weighted by Crippen LogP contribution is -2.46. The number of piperidine rings is 1. The average Bonchev–Trinajstić information content (AvgIpc) is 3.15. The third-order valence-corrected chi connectivity index (χ3v) is 7.03. The fourth-order valence-corrected chi connectivity index (χ4v) is 4.84. The molecule has 1 amide bonds. The van der Waals surface area contributed by atoms with Gasteiger partial charge < -0.3 is 25.2 Å². The number of carbonyl (C=O) groups is 2. The number of aliphatic hydroxyl groups is 1. The Bertz CT molecular complexity index is 1030. The van der Waals surface area contributed by atoms with Crippen molar-refractivity contribution in [3.05, 3.63) is 53.1 Å². The zero-order valence-electron chi connectivity index (χ0n) is 18.3. The van der Waals surface area contributed by atoms with Crippen molar-refractivity contribution in [2.75, 3.05) is 26.0 Å². The Labute approximate surface area is 191 Å². The van der Waals surface area contributed by atoms with Crippen LogP contribution in [0.1, 0.15) is 41.3 Å². The van der Waals surface area contributed by atoms with Gasteiger partial charge in [0.2, 0.25) is 0 Å². The van der Waals surface area contributed by atoms with E-state index in [1.165, 1.54) is 24.2 Å². The van der Waals surface area contributed by atoms with Gasteiger partial charge in [0.05, 0.1) is 6.61 Å². The molecule has 0 radical (unpaired) electrons. The molecule has 2 aromatic rings. The number of hydrogen-bond donors (Lipinski definition) is 2. The Morgan fingerprint density at radius 2 is 2.00 bits per heavy atom. The zero-order valence-corrected chi connectivity index (χ0v) is 19.1. The number of hydrogen-bond acceptors (Lipinski definition) is 7. The van der Waals surface area contributed by atoms with Crippen LogP contribution in [-0.2, 0) is 16.8 Å². The second kappa shape index (κ2) is 9.13. The summed E-state index contributed by atoms with van der Waals surface area (Å²) in [4.78, 5) is 27.3. The minimum atomic E-state index is -1.55. The van der Waals surface area contributed by atoms with Crippen molar-refractivity contribution in [3.8, 4) is 11.5 Å². The summed E-state index contributed by atoms with van der Waals surface area (Å²) in [6.07, 6.45) is 1.97. The molecule has 0 aliphatic carbocycles. The molecule has 2 heterocycles. The maximum Gasteiger partial charge on any atom is 0.257 e. The molecule has 32 heavy (non-hydrogen) atoms. The highest BCUT2D eigenvalue weighted by atomic mass is 32.2. The number of amides is 1. The van der Waals surface area contributed by atoms with Crippen LogP contribution in [0.4, 0.5) is 0 Å². The van der Waals surface area contributed by atoms with Gasteiger partial charge in [-0.1, -0.05) is 12.1 Å². The Hall–Kier alpha value is -2.55. The Morgan fingerprint density at radius 3 is 2.66 bits per heavy atom. The van der Waals surface area contributed by atoms with Gasteiger partial charge in [0.1, 0.15) is 11.5 Å². The van der Waals surface area contributed by atoms with Crippen molar-refractivity contribution in [2.45, 2.75) is 42.9 Å². The molecule has 3 N–H and O–H groups in total. The van der Waals surface area contributed by atoms with E-state index in [0.717, 1.165) is 29.1 Å². The molecule has 0 aromatic heterocycles. The summed E-state index contributed by atoms with van der Waals surface area (Å²) in [5, 5.41) is 9.76. The number of nitrogens with two attached hydrogens (primary N) is 1. The number of fused-ring (bicyclic) bond motifs is 2. The molecule has 0 bridgehead atoms. The smallest absolute Gasteiger partial charge is 0.257 e. The molecule has 7 nitrogen and oxygen atoms in total.